The van der Waals surface area contributed by atoms with Gasteiger partial charge in [0, 0.05) is 20.2 Å². The fourth-order valence-corrected chi connectivity index (χ4v) is 2.50. The quantitative estimate of drug-likeness (QED) is 0.799. The van der Waals surface area contributed by atoms with Crippen molar-refractivity contribution < 1.29 is 4.74 Å². The summed E-state index contributed by atoms with van der Waals surface area (Å²) in [4.78, 5) is 2.34. The highest BCUT2D eigenvalue weighted by atomic mass is 16.5. The van der Waals surface area contributed by atoms with Gasteiger partial charge in [-0.05, 0) is 30.9 Å². The third kappa shape index (κ3) is 2.39. The Kier molecular flexibility index (Phi) is 3.57. The van der Waals surface area contributed by atoms with E-state index in [2.05, 4.69) is 36.9 Å². The van der Waals surface area contributed by atoms with Crippen LogP contribution in [0.5, 0.6) is 0 Å². The van der Waals surface area contributed by atoms with Gasteiger partial charge in [0.15, 0.2) is 0 Å². The molecule has 0 radical (unpaired) electrons. The Hall–Kier alpha value is -1.22. The molecule has 1 fully saturated rings. The Morgan fingerprint density at radius 1 is 1.41 bits per heavy atom. The van der Waals surface area contributed by atoms with Crippen molar-refractivity contribution >= 4 is 11.4 Å². The second-order valence-electron chi connectivity index (χ2n) is 4.99. The first kappa shape index (κ1) is 12.2. The molecule has 2 atom stereocenters. The molecule has 1 aromatic carbocycles. The molecule has 0 spiro atoms. The molecular formula is C14H22N2O. The number of benzene rings is 1. The summed E-state index contributed by atoms with van der Waals surface area (Å²) in [5.41, 5.74) is 9.35. The zero-order valence-electron chi connectivity index (χ0n) is 10.9. The maximum Gasteiger partial charge on any atom is 0.0772 e. The number of nitrogens with zero attached hydrogens (tertiary/aromatic N) is 1. The lowest BCUT2D eigenvalue weighted by molar-refractivity contribution is 0.0499. The fourth-order valence-electron chi connectivity index (χ4n) is 2.50. The molecule has 1 heterocycles. The molecule has 0 amide bonds. The Balaban J connectivity index is 2.20. The molecular weight excluding hydrogens is 212 g/mol. The summed E-state index contributed by atoms with van der Waals surface area (Å²) in [5, 5.41) is 0. The molecule has 3 nitrogen and oxygen atoms in total. The van der Waals surface area contributed by atoms with Crippen LogP contribution in [0.4, 0.5) is 11.4 Å². The van der Waals surface area contributed by atoms with Crippen molar-refractivity contribution in [3.05, 3.63) is 23.8 Å². The van der Waals surface area contributed by atoms with E-state index in [1.165, 1.54) is 0 Å². The summed E-state index contributed by atoms with van der Waals surface area (Å²) in [6.45, 7) is 6.31. The largest absolute Gasteiger partial charge is 0.397 e. The van der Waals surface area contributed by atoms with Crippen LogP contribution in [0.15, 0.2) is 18.2 Å². The van der Waals surface area contributed by atoms with E-state index in [-0.39, 0.29) is 0 Å². The van der Waals surface area contributed by atoms with Crippen LogP contribution in [0, 0.1) is 12.8 Å². The van der Waals surface area contributed by atoms with Gasteiger partial charge in [0.25, 0.3) is 0 Å². The average Bonchev–Trinajstić information content (AvgIpc) is 2.34. The number of ether oxygens (including phenoxy) is 1. The van der Waals surface area contributed by atoms with Gasteiger partial charge in [-0.15, -0.1) is 0 Å². The highest BCUT2D eigenvalue weighted by Crippen LogP contribution is 2.30. The van der Waals surface area contributed by atoms with Crippen molar-refractivity contribution in [3.63, 3.8) is 0 Å². The summed E-state index contributed by atoms with van der Waals surface area (Å²) in [6, 6.07) is 6.23. The van der Waals surface area contributed by atoms with Gasteiger partial charge in [-0.2, -0.15) is 0 Å². The van der Waals surface area contributed by atoms with Crippen molar-refractivity contribution in [2.75, 3.05) is 30.8 Å². The molecule has 1 aliphatic rings. The number of piperidine rings is 1. The Morgan fingerprint density at radius 2 is 2.18 bits per heavy atom. The van der Waals surface area contributed by atoms with Gasteiger partial charge in [-0.25, -0.2) is 0 Å². The molecule has 1 saturated heterocycles. The SMILES string of the molecule is COC1CN(c2cccc(C)c2N)CCC1C. The smallest absolute Gasteiger partial charge is 0.0772 e. The first-order valence-electron chi connectivity index (χ1n) is 6.26. The normalized spacial score (nSPS) is 25.0. The molecule has 2 rings (SSSR count). The lowest BCUT2D eigenvalue weighted by atomic mass is 9.95. The molecule has 3 heteroatoms. The molecule has 1 aromatic rings. The summed E-state index contributed by atoms with van der Waals surface area (Å²) in [7, 11) is 1.80. The fraction of sp³-hybridized carbons (Fsp3) is 0.571. The minimum atomic E-state index is 0.309. The van der Waals surface area contributed by atoms with E-state index < -0.39 is 0 Å². The van der Waals surface area contributed by atoms with Gasteiger partial charge in [0.2, 0.25) is 0 Å². The molecule has 2 unspecified atom stereocenters. The predicted octanol–water partition coefficient (Wildman–Crippen LogP) is 2.44. The van der Waals surface area contributed by atoms with Crippen molar-refractivity contribution in [3.8, 4) is 0 Å². The van der Waals surface area contributed by atoms with Crippen molar-refractivity contribution in [1.29, 1.82) is 0 Å². The van der Waals surface area contributed by atoms with Crippen LogP contribution in [0.3, 0.4) is 0 Å². The number of methoxy groups -OCH3 is 1. The predicted molar refractivity (Wildman–Crippen MR) is 72.4 cm³/mol. The van der Waals surface area contributed by atoms with Crippen LogP contribution in [-0.2, 0) is 4.74 Å². The Bertz CT molecular complexity index is 392. The average molecular weight is 234 g/mol. The van der Waals surface area contributed by atoms with Crippen LogP contribution in [-0.4, -0.2) is 26.3 Å². The zero-order chi connectivity index (χ0) is 12.4. The van der Waals surface area contributed by atoms with Gasteiger partial charge < -0.3 is 15.4 Å². The Morgan fingerprint density at radius 3 is 2.88 bits per heavy atom. The number of hydrogen-bond donors (Lipinski definition) is 1. The van der Waals surface area contributed by atoms with Crippen molar-refractivity contribution in [2.45, 2.75) is 26.4 Å². The molecule has 0 saturated carbocycles. The molecule has 2 N–H and O–H groups in total. The number of aryl methyl sites for hydroxylation is 1. The molecule has 0 bridgehead atoms. The number of hydrogen-bond acceptors (Lipinski definition) is 3. The van der Waals surface area contributed by atoms with Gasteiger partial charge in [-0.1, -0.05) is 19.1 Å². The standard InChI is InChI=1S/C14H22N2O/c1-10-7-8-16(9-13(10)17-3)12-6-4-5-11(2)14(12)15/h4-6,10,13H,7-9,15H2,1-3H3. The number of nitrogens with two attached hydrogens (primary N) is 1. The van der Waals surface area contributed by atoms with Crippen LogP contribution in [0.25, 0.3) is 0 Å². The number of para-hydroxylation sites is 1. The van der Waals surface area contributed by atoms with Crippen LogP contribution >= 0.6 is 0 Å². The van der Waals surface area contributed by atoms with Gasteiger partial charge >= 0.3 is 0 Å². The lowest BCUT2D eigenvalue weighted by Gasteiger charge is -2.38. The first-order chi connectivity index (χ1) is 8.13. The van der Waals surface area contributed by atoms with E-state index in [4.69, 9.17) is 10.5 Å². The van der Waals surface area contributed by atoms with Gasteiger partial charge in [-0.3, -0.25) is 0 Å². The van der Waals surface area contributed by atoms with E-state index in [0.29, 0.717) is 12.0 Å². The van der Waals surface area contributed by atoms with Crippen molar-refractivity contribution in [1.82, 2.24) is 0 Å². The van der Waals surface area contributed by atoms with E-state index in [9.17, 15) is 0 Å². The maximum atomic E-state index is 6.15. The number of nitrogen functional groups attached to an aromatic ring is 1. The van der Waals surface area contributed by atoms with E-state index >= 15 is 0 Å². The van der Waals surface area contributed by atoms with E-state index in [0.717, 1.165) is 36.4 Å². The van der Waals surface area contributed by atoms with E-state index in [1.807, 2.05) is 0 Å². The molecule has 17 heavy (non-hydrogen) atoms. The molecule has 94 valence electrons. The van der Waals surface area contributed by atoms with Crippen LogP contribution in [0.2, 0.25) is 0 Å². The maximum absolute atomic E-state index is 6.15. The van der Waals surface area contributed by atoms with Crippen molar-refractivity contribution in [2.24, 2.45) is 5.92 Å². The first-order valence-corrected chi connectivity index (χ1v) is 6.26. The molecule has 0 aromatic heterocycles. The molecule has 0 aliphatic carbocycles. The van der Waals surface area contributed by atoms with E-state index in [1.54, 1.807) is 7.11 Å². The number of rotatable bonds is 2. The lowest BCUT2D eigenvalue weighted by Crippen LogP contribution is -2.44. The van der Waals surface area contributed by atoms with Gasteiger partial charge in [0.1, 0.15) is 0 Å². The highest BCUT2D eigenvalue weighted by molar-refractivity contribution is 5.71. The highest BCUT2D eigenvalue weighted by Gasteiger charge is 2.26. The van der Waals surface area contributed by atoms with Crippen LogP contribution < -0.4 is 10.6 Å². The second kappa shape index (κ2) is 4.96. The summed E-state index contributed by atoms with van der Waals surface area (Å²) >= 11 is 0. The third-order valence-electron chi connectivity index (χ3n) is 3.83. The summed E-state index contributed by atoms with van der Waals surface area (Å²) < 4.78 is 5.54. The summed E-state index contributed by atoms with van der Waals surface area (Å²) in [5.74, 6) is 0.627. The third-order valence-corrected chi connectivity index (χ3v) is 3.83. The Labute approximate surface area is 104 Å². The van der Waals surface area contributed by atoms with Gasteiger partial charge in [0.05, 0.1) is 17.5 Å². The minimum absolute atomic E-state index is 0.309. The topological polar surface area (TPSA) is 38.5 Å². The molecule has 1 aliphatic heterocycles. The monoisotopic (exact) mass is 234 g/mol. The second-order valence-corrected chi connectivity index (χ2v) is 4.99. The number of anilines is 2. The van der Waals surface area contributed by atoms with Crippen LogP contribution in [0.1, 0.15) is 18.9 Å². The summed E-state index contributed by atoms with van der Waals surface area (Å²) in [6.07, 6.45) is 1.47. The zero-order valence-corrected chi connectivity index (χ0v) is 10.9. The minimum Gasteiger partial charge on any atom is -0.397 e.